The van der Waals surface area contributed by atoms with E-state index in [1.807, 2.05) is 0 Å². The summed E-state index contributed by atoms with van der Waals surface area (Å²) in [6.07, 6.45) is 1.42. The van der Waals surface area contributed by atoms with Gasteiger partial charge in [-0.2, -0.15) is 0 Å². The number of benzene rings is 1. The Morgan fingerprint density at radius 2 is 1.90 bits per heavy atom. The number of rotatable bonds is 3. The molecule has 0 aliphatic heterocycles. The Balaban J connectivity index is 2.32. The number of aliphatic hydroxyl groups excluding tert-OH is 1. The summed E-state index contributed by atoms with van der Waals surface area (Å²) in [5.74, 6) is -3.66. The predicted molar refractivity (Wildman–Crippen MR) is 69.1 cm³/mol. The lowest BCUT2D eigenvalue weighted by atomic mass is 9.74. The molecule has 1 fully saturated rings. The van der Waals surface area contributed by atoms with E-state index in [4.69, 9.17) is 0 Å². The molecule has 1 aromatic carbocycles. The lowest BCUT2D eigenvalue weighted by Crippen LogP contribution is -2.31. The molecule has 0 radical (unpaired) electrons. The Hall–Kier alpha value is -1.49. The first-order chi connectivity index (χ1) is 9.41. The Morgan fingerprint density at radius 1 is 1.25 bits per heavy atom. The third-order valence-corrected chi connectivity index (χ3v) is 4.14. The van der Waals surface area contributed by atoms with Gasteiger partial charge in [-0.05, 0) is 31.4 Å². The Labute approximate surface area is 116 Å². The van der Waals surface area contributed by atoms with Crippen molar-refractivity contribution in [3.05, 3.63) is 34.9 Å². The van der Waals surface area contributed by atoms with Gasteiger partial charge in [-0.15, -0.1) is 0 Å². The van der Waals surface area contributed by atoms with Gasteiger partial charge in [0.1, 0.15) is 11.6 Å². The molecule has 1 aliphatic rings. The summed E-state index contributed by atoms with van der Waals surface area (Å²) in [4.78, 5) is 11.2. The molecule has 110 valence electrons. The molecule has 2 N–H and O–H groups in total. The van der Waals surface area contributed by atoms with Crippen LogP contribution in [-0.4, -0.2) is 16.2 Å². The Morgan fingerprint density at radius 3 is 2.55 bits per heavy atom. The van der Waals surface area contributed by atoms with E-state index < -0.39 is 35.5 Å². The van der Waals surface area contributed by atoms with Gasteiger partial charge < -0.3 is 10.2 Å². The van der Waals surface area contributed by atoms with Crippen LogP contribution in [0.1, 0.15) is 42.9 Å². The molecule has 1 aromatic rings. The molecular formula is C15H18F2O3. The summed E-state index contributed by atoms with van der Waals surface area (Å²) in [6.45, 7) is 1.49. The summed E-state index contributed by atoms with van der Waals surface area (Å²) < 4.78 is 27.1. The maximum Gasteiger partial charge on any atom is 0.306 e. The number of aryl methyl sites for hydroxylation is 1. The minimum atomic E-state index is -1.21. The number of aliphatic carboxylic acids is 1. The highest BCUT2D eigenvalue weighted by Crippen LogP contribution is 2.39. The van der Waals surface area contributed by atoms with Crippen molar-refractivity contribution in [3.8, 4) is 0 Å². The van der Waals surface area contributed by atoms with Crippen molar-refractivity contribution in [3.63, 3.8) is 0 Å². The van der Waals surface area contributed by atoms with Crippen LogP contribution >= 0.6 is 0 Å². The number of hydrogen-bond acceptors (Lipinski definition) is 2. The second kappa shape index (κ2) is 5.87. The van der Waals surface area contributed by atoms with Crippen LogP contribution in [0.5, 0.6) is 0 Å². The van der Waals surface area contributed by atoms with Gasteiger partial charge in [-0.25, -0.2) is 8.78 Å². The number of aliphatic hydroxyl groups is 1. The summed E-state index contributed by atoms with van der Waals surface area (Å²) >= 11 is 0. The third-order valence-electron chi connectivity index (χ3n) is 4.14. The highest BCUT2D eigenvalue weighted by Gasteiger charge is 2.37. The second-order valence-electron chi connectivity index (χ2n) is 5.46. The molecule has 0 aromatic heterocycles. The van der Waals surface area contributed by atoms with Gasteiger partial charge in [0.2, 0.25) is 0 Å². The molecule has 1 aliphatic carbocycles. The van der Waals surface area contributed by atoms with E-state index in [9.17, 15) is 23.8 Å². The Bertz CT molecular complexity index is 516. The molecule has 0 amide bonds. The van der Waals surface area contributed by atoms with Crippen LogP contribution in [-0.2, 0) is 4.79 Å². The summed E-state index contributed by atoms with van der Waals surface area (Å²) in [5.41, 5.74) is 0.227. The fourth-order valence-electron chi connectivity index (χ4n) is 2.98. The normalized spacial score (nSPS) is 24.4. The zero-order valence-corrected chi connectivity index (χ0v) is 11.3. The SMILES string of the molecule is Cc1cc(C(O)C2CCCCC2C(=O)O)c(F)cc1F. The molecule has 20 heavy (non-hydrogen) atoms. The first kappa shape index (κ1) is 14.9. The van der Waals surface area contributed by atoms with E-state index in [0.717, 1.165) is 18.9 Å². The van der Waals surface area contributed by atoms with E-state index in [-0.39, 0.29) is 11.1 Å². The maximum atomic E-state index is 13.8. The molecule has 0 spiro atoms. The van der Waals surface area contributed by atoms with Crippen molar-refractivity contribution in [2.45, 2.75) is 38.7 Å². The van der Waals surface area contributed by atoms with E-state index in [0.29, 0.717) is 12.8 Å². The van der Waals surface area contributed by atoms with E-state index in [2.05, 4.69) is 0 Å². The minimum absolute atomic E-state index is 0.0120. The zero-order chi connectivity index (χ0) is 14.9. The van der Waals surface area contributed by atoms with Crippen molar-refractivity contribution >= 4 is 5.97 Å². The van der Waals surface area contributed by atoms with Crippen molar-refractivity contribution in [2.75, 3.05) is 0 Å². The monoisotopic (exact) mass is 284 g/mol. The molecular weight excluding hydrogens is 266 g/mol. The average molecular weight is 284 g/mol. The number of hydrogen-bond donors (Lipinski definition) is 2. The van der Waals surface area contributed by atoms with Crippen molar-refractivity contribution in [1.29, 1.82) is 0 Å². The van der Waals surface area contributed by atoms with Crippen LogP contribution < -0.4 is 0 Å². The lowest BCUT2D eigenvalue weighted by Gasteiger charge is -2.32. The summed E-state index contributed by atoms with van der Waals surface area (Å²) in [6, 6.07) is 2.01. The fourth-order valence-corrected chi connectivity index (χ4v) is 2.98. The minimum Gasteiger partial charge on any atom is -0.481 e. The molecule has 0 heterocycles. The van der Waals surface area contributed by atoms with Crippen LogP contribution in [0.25, 0.3) is 0 Å². The van der Waals surface area contributed by atoms with Gasteiger partial charge in [-0.3, -0.25) is 4.79 Å². The molecule has 3 atom stereocenters. The molecule has 3 unspecified atom stereocenters. The molecule has 2 rings (SSSR count). The van der Waals surface area contributed by atoms with E-state index in [1.54, 1.807) is 0 Å². The Kier molecular flexibility index (Phi) is 4.38. The maximum absolute atomic E-state index is 13.8. The molecule has 3 nitrogen and oxygen atoms in total. The first-order valence-corrected chi connectivity index (χ1v) is 6.78. The summed E-state index contributed by atoms with van der Waals surface area (Å²) in [7, 11) is 0. The number of carboxylic acids is 1. The second-order valence-corrected chi connectivity index (χ2v) is 5.46. The third kappa shape index (κ3) is 2.82. The molecule has 1 saturated carbocycles. The standard InChI is InChI=1S/C15H18F2O3/c1-8-6-11(13(17)7-12(8)16)14(18)9-4-2-3-5-10(9)15(19)20/h6-7,9-10,14,18H,2-5H2,1H3,(H,19,20). The van der Waals surface area contributed by atoms with Crippen molar-refractivity contribution in [2.24, 2.45) is 11.8 Å². The first-order valence-electron chi connectivity index (χ1n) is 6.78. The topological polar surface area (TPSA) is 57.5 Å². The predicted octanol–water partition coefficient (Wildman–Crippen LogP) is 3.20. The smallest absolute Gasteiger partial charge is 0.306 e. The lowest BCUT2D eigenvalue weighted by molar-refractivity contribution is -0.147. The van der Waals surface area contributed by atoms with Crippen molar-refractivity contribution < 1.29 is 23.8 Å². The van der Waals surface area contributed by atoms with Gasteiger partial charge in [0, 0.05) is 17.5 Å². The molecule has 0 bridgehead atoms. The molecule has 5 heteroatoms. The van der Waals surface area contributed by atoms with Gasteiger partial charge in [0.15, 0.2) is 0 Å². The number of halogens is 2. The highest BCUT2D eigenvalue weighted by atomic mass is 19.1. The van der Waals surface area contributed by atoms with Gasteiger partial charge in [0.25, 0.3) is 0 Å². The van der Waals surface area contributed by atoms with Crippen LogP contribution in [0.2, 0.25) is 0 Å². The highest BCUT2D eigenvalue weighted by molar-refractivity contribution is 5.70. The number of carboxylic acid groups (broad SMARTS) is 1. The van der Waals surface area contributed by atoms with Crippen LogP contribution in [0.15, 0.2) is 12.1 Å². The number of carbonyl (C=O) groups is 1. The van der Waals surface area contributed by atoms with Crippen molar-refractivity contribution in [1.82, 2.24) is 0 Å². The van der Waals surface area contributed by atoms with Crippen LogP contribution in [0, 0.1) is 30.4 Å². The van der Waals surface area contributed by atoms with Gasteiger partial charge in [0.05, 0.1) is 12.0 Å². The molecule has 0 saturated heterocycles. The van der Waals surface area contributed by atoms with E-state index >= 15 is 0 Å². The van der Waals surface area contributed by atoms with Gasteiger partial charge in [-0.1, -0.05) is 12.8 Å². The fraction of sp³-hybridized carbons (Fsp3) is 0.533. The summed E-state index contributed by atoms with van der Waals surface area (Å²) in [5, 5.41) is 19.5. The quantitative estimate of drug-likeness (QED) is 0.896. The average Bonchev–Trinajstić information content (AvgIpc) is 2.42. The van der Waals surface area contributed by atoms with Crippen LogP contribution in [0.3, 0.4) is 0 Å². The van der Waals surface area contributed by atoms with E-state index in [1.165, 1.54) is 13.0 Å². The largest absolute Gasteiger partial charge is 0.481 e. The van der Waals surface area contributed by atoms with Crippen LogP contribution in [0.4, 0.5) is 8.78 Å². The zero-order valence-electron chi connectivity index (χ0n) is 11.3. The van der Waals surface area contributed by atoms with Gasteiger partial charge >= 0.3 is 5.97 Å².